The zero-order chi connectivity index (χ0) is 10.7. The van der Waals surface area contributed by atoms with Gasteiger partial charge in [-0.3, -0.25) is 0 Å². The summed E-state index contributed by atoms with van der Waals surface area (Å²) < 4.78 is 0. The van der Waals surface area contributed by atoms with Gasteiger partial charge in [-0.25, -0.2) is 9.97 Å². The molecule has 0 bridgehead atoms. The molecule has 0 aliphatic carbocycles. The Bertz CT molecular complexity index is 393. The van der Waals surface area contributed by atoms with Crippen molar-refractivity contribution in [3.05, 3.63) is 32.2 Å². The minimum absolute atomic E-state index is 0.830. The van der Waals surface area contributed by atoms with E-state index in [-0.39, 0.29) is 0 Å². The molecule has 3 nitrogen and oxygen atoms in total. The van der Waals surface area contributed by atoms with Gasteiger partial charge in [0.1, 0.15) is 10.0 Å². The molecule has 15 heavy (non-hydrogen) atoms. The fourth-order valence-corrected chi connectivity index (χ4v) is 2.73. The van der Waals surface area contributed by atoms with E-state index < -0.39 is 0 Å². The van der Waals surface area contributed by atoms with Crippen LogP contribution in [0.4, 0.5) is 0 Å². The topological polar surface area (TPSA) is 37.8 Å². The first-order valence-electron chi connectivity index (χ1n) is 4.77. The molecule has 0 saturated heterocycles. The lowest BCUT2D eigenvalue weighted by molar-refractivity contribution is 0.684. The molecule has 0 atom stereocenters. The molecule has 2 aromatic heterocycles. The van der Waals surface area contributed by atoms with Gasteiger partial charge in [-0.2, -0.15) is 0 Å². The van der Waals surface area contributed by atoms with Crippen molar-refractivity contribution in [2.75, 3.05) is 0 Å². The highest BCUT2D eigenvalue weighted by atomic mass is 32.1. The Morgan fingerprint density at radius 3 is 1.80 bits per heavy atom. The van der Waals surface area contributed by atoms with Crippen molar-refractivity contribution in [2.45, 2.75) is 26.9 Å². The molecule has 2 heterocycles. The van der Waals surface area contributed by atoms with E-state index in [0.29, 0.717) is 0 Å². The predicted octanol–water partition coefficient (Wildman–Crippen LogP) is 2.51. The number of nitrogens with one attached hydrogen (secondary N) is 1. The first-order chi connectivity index (χ1) is 7.24. The van der Waals surface area contributed by atoms with Crippen LogP contribution in [0.5, 0.6) is 0 Å². The predicted molar refractivity (Wildman–Crippen MR) is 64.2 cm³/mol. The Hall–Kier alpha value is -0.780. The standard InChI is InChI=1S/C10H13N3S2/c1-7-5-14-9(12-7)3-11-4-10-13-8(2)6-15-10/h5-6,11H,3-4H2,1-2H3. The van der Waals surface area contributed by atoms with Crippen LogP contribution in [-0.2, 0) is 13.1 Å². The van der Waals surface area contributed by atoms with Gasteiger partial charge in [0.2, 0.25) is 0 Å². The third-order valence-electron chi connectivity index (χ3n) is 1.89. The third-order valence-corrected chi connectivity index (χ3v) is 3.82. The summed E-state index contributed by atoms with van der Waals surface area (Å²) >= 11 is 3.40. The molecule has 0 amide bonds. The van der Waals surface area contributed by atoms with Gasteiger partial charge in [-0.1, -0.05) is 0 Å². The van der Waals surface area contributed by atoms with E-state index in [9.17, 15) is 0 Å². The van der Waals surface area contributed by atoms with Gasteiger partial charge in [0.15, 0.2) is 0 Å². The molecule has 0 spiro atoms. The van der Waals surface area contributed by atoms with Crippen molar-refractivity contribution in [2.24, 2.45) is 0 Å². The first kappa shape index (κ1) is 10.7. The average Bonchev–Trinajstić information content (AvgIpc) is 2.76. The molecule has 80 valence electrons. The summed E-state index contributed by atoms with van der Waals surface area (Å²) in [5.74, 6) is 0. The third kappa shape index (κ3) is 3.09. The van der Waals surface area contributed by atoms with Gasteiger partial charge < -0.3 is 5.32 Å². The summed E-state index contributed by atoms with van der Waals surface area (Å²) in [4.78, 5) is 8.77. The van der Waals surface area contributed by atoms with E-state index in [4.69, 9.17) is 0 Å². The van der Waals surface area contributed by atoms with Crippen molar-refractivity contribution in [3.63, 3.8) is 0 Å². The second-order valence-electron chi connectivity index (χ2n) is 3.37. The van der Waals surface area contributed by atoms with Gasteiger partial charge in [-0.15, -0.1) is 22.7 Å². The van der Waals surface area contributed by atoms with Crippen molar-refractivity contribution >= 4 is 22.7 Å². The largest absolute Gasteiger partial charge is 0.304 e. The molecule has 2 aromatic rings. The Balaban J connectivity index is 1.80. The van der Waals surface area contributed by atoms with Gasteiger partial charge in [0, 0.05) is 35.2 Å². The van der Waals surface area contributed by atoms with E-state index in [0.717, 1.165) is 34.5 Å². The van der Waals surface area contributed by atoms with Gasteiger partial charge in [0.25, 0.3) is 0 Å². The molecule has 0 unspecified atom stereocenters. The van der Waals surface area contributed by atoms with Crippen LogP contribution in [-0.4, -0.2) is 9.97 Å². The van der Waals surface area contributed by atoms with Crippen LogP contribution in [0, 0.1) is 13.8 Å². The lowest BCUT2D eigenvalue weighted by Gasteiger charge is -1.98. The van der Waals surface area contributed by atoms with Crippen LogP contribution in [0.15, 0.2) is 10.8 Å². The second kappa shape index (κ2) is 4.83. The maximum absolute atomic E-state index is 4.39. The summed E-state index contributed by atoms with van der Waals surface area (Å²) in [7, 11) is 0. The van der Waals surface area contributed by atoms with Crippen molar-refractivity contribution < 1.29 is 0 Å². The quantitative estimate of drug-likeness (QED) is 0.891. The summed E-state index contributed by atoms with van der Waals surface area (Å²) in [6.07, 6.45) is 0. The van der Waals surface area contributed by atoms with Gasteiger partial charge in [-0.05, 0) is 13.8 Å². The summed E-state index contributed by atoms with van der Waals surface area (Å²) in [5, 5.41) is 9.77. The molecule has 0 radical (unpaired) electrons. The van der Waals surface area contributed by atoms with Gasteiger partial charge >= 0.3 is 0 Å². The molecule has 0 aliphatic rings. The summed E-state index contributed by atoms with van der Waals surface area (Å²) in [6.45, 7) is 5.70. The highest BCUT2D eigenvalue weighted by molar-refractivity contribution is 7.10. The summed E-state index contributed by atoms with van der Waals surface area (Å²) in [6, 6.07) is 0. The molecule has 0 aromatic carbocycles. The van der Waals surface area contributed by atoms with Crippen molar-refractivity contribution in [1.29, 1.82) is 0 Å². The number of aromatic nitrogens is 2. The number of rotatable bonds is 4. The van der Waals surface area contributed by atoms with Gasteiger partial charge in [0.05, 0.1) is 0 Å². The molecule has 0 fully saturated rings. The number of hydrogen-bond acceptors (Lipinski definition) is 5. The monoisotopic (exact) mass is 239 g/mol. The minimum Gasteiger partial charge on any atom is -0.304 e. The molecule has 1 N–H and O–H groups in total. The van der Waals surface area contributed by atoms with E-state index >= 15 is 0 Å². The smallest absolute Gasteiger partial charge is 0.107 e. The fourth-order valence-electron chi connectivity index (χ4n) is 1.24. The molecular formula is C10H13N3S2. The van der Waals surface area contributed by atoms with Crippen LogP contribution < -0.4 is 5.32 Å². The van der Waals surface area contributed by atoms with Crippen molar-refractivity contribution in [1.82, 2.24) is 15.3 Å². The number of hydrogen-bond donors (Lipinski definition) is 1. The zero-order valence-electron chi connectivity index (χ0n) is 8.78. The molecule has 0 aliphatic heterocycles. The van der Waals surface area contributed by atoms with Crippen LogP contribution >= 0.6 is 22.7 Å². The molecule has 5 heteroatoms. The number of nitrogens with zero attached hydrogens (tertiary/aromatic N) is 2. The van der Waals surface area contributed by atoms with Crippen LogP contribution in [0.2, 0.25) is 0 Å². The number of thiazole rings is 2. The second-order valence-corrected chi connectivity index (χ2v) is 5.25. The van der Waals surface area contributed by atoms with Crippen LogP contribution in [0.3, 0.4) is 0 Å². The number of aryl methyl sites for hydroxylation is 2. The van der Waals surface area contributed by atoms with E-state index in [1.54, 1.807) is 22.7 Å². The van der Waals surface area contributed by atoms with Crippen LogP contribution in [0.25, 0.3) is 0 Å². The highest BCUT2D eigenvalue weighted by Crippen LogP contribution is 2.10. The Morgan fingerprint density at radius 1 is 1.00 bits per heavy atom. The first-order valence-corrected chi connectivity index (χ1v) is 6.52. The maximum Gasteiger partial charge on any atom is 0.107 e. The Labute approximate surface area is 97.2 Å². The fraction of sp³-hybridized carbons (Fsp3) is 0.400. The normalized spacial score (nSPS) is 10.8. The lowest BCUT2D eigenvalue weighted by Crippen LogP contribution is -2.12. The molecule has 0 saturated carbocycles. The minimum atomic E-state index is 0.830. The van der Waals surface area contributed by atoms with E-state index in [2.05, 4.69) is 26.0 Å². The van der Waals surface area contributed by atoms with E-state index in [1.165, 1.54) is 0 Å². The highest BCUT2D eigenvalue weighted by Gasteiger charge is 2.00. The SMILES string of the molecule is Cc1csc(CNCc2nc(C)cs2)n1. The molecule has 2 rings (SSSR count). The zero-order valence-corrected chi connectivity index (χ0v) is 10.4. The van der Waals surface area contributed by atoms with Crippen LogP contribution in [0.1, 0.15) is 21.4 Å². The lowest BCUT2D eigenvalue weighted by atomic mass is 10.5. The maximum atomic E-state index is 4.39. The Kier molecular flexibility index (Phi) is 3.45. The summed E-state index contributed by atoms with van der Waals surface area (Å²) in [5.41, 5.74) is 2.20. The van der Waals surface area contributed by atoms with Crippen molar-refractivity contribution in [3.8, 4) is 0 Å². The van der Waals surface area contributed by atoms with E-state index in [1.807, 2.05) is 13.8 Å². The average molecular weight is 239 g/mol. The molecular weight excluding hydrogens is 226 g/mol. The Morgan fingerprint density at radius 2 is 1.47 bits per heavy atom.